The quantitative estimate of drug-likeness (QED) is 0.905. The van der Waals surface area contributed by atoms with Crippen molar-refractivity contribution < 1.29 is 14.6 Å². The van der Waals surface area contributed by atoms with Crippen molar-refractivity contribution in [2.75, 3.05) is 32.8 Å². The molecule has 1 aromatic carbocycles. The molecular weight excluding hydrogens is 242 g/mol. The predicted molar refractivity (Wildman–Crippen MR) is 72.2 cm³/mol. The highest BCUT2D eigenvalue weighted by atomic mass is 16.5. The molecule has 2 atom stereocenters. The molecule has 4 nitrogen and oxygen atoms in total. The van der Waals surface area contributed by atoms with Crippen molar-refractivity contribution in [3.63, 3.8) is 0 Å². The third-order valence-corrected chi connectivity index (χ3v) is 3.88. The Hall–Kier alpha value is -1.10. The van der Waals surface area contributed by atoms with Crippen molar-refractivity contribution in [2.24, 2.45) is 0 Å². The summed E-state index contributed by atoms with van der Waals surface area (Å²) in [6.07, 6.45) is 2.81. The molecule has 104 valence electrons. The van der Waals surface area contributed by atoms with Gasteiger partial charge in [-0.25, -0.2) is 0 Å². The molecular formula is C15H21NO3. The molecule has 0 radical (unpaired) electrons. The molecule has 2 aliphatic rings. The molecule has 1 N–H and O–H groups in total. The number of ether oxygens (including phenoxy) is 2. The van der Waals surface area contributed by atoms with Gasteiger partial charge in [0.2, 0.25) is 0 Å². The van der Waals surface area contributed by atoms with Crippen LogP contribution >= 0.6 is 0 Å². The van der Waals surface area contributed by atoms with E-state index < -0.39 is 0 Å². The summed E-state index contributed by atoms with van der Waals surface area (Å²) in [5, 5.41) is 9.55. The first-order valence-corrected chi connectivity index (χ1v) is 7.06. The number of phenols is 1. The van der Waals surface area contributed by atoms with Gasteiger partial charge in [0.15, 0.2) is 0 Å². The summed E-state index contributed by atoms with van der Waals surface area (Å²) < 4.78 is 11.5. The topological polar surface area (TPSA) is 41.9 Å². The van der Waals surface area contributed by atoms with Crippen molar-refractivity contribution in [1.29, 1.82) is 0 Å². The number of hydrogen-bond acceptors (Lipinski definition) is 4. The maximum atomic E-state index is 9.55. The fourth-order valence-corrected chi connectivity index (χ4v) is 2.87. The van der Waals surface area contributed by atoms with Gasteiger partial charge >= 0.3 is 0 Å². The highest BCUT2D eigenvalue weighted by molar-refractivity contribution is 5.29. The van der Waals surface area contributed by atoms with Crippen LogP contribution < -0.4 is 0 Å². The summed E-state index contributed by atoms with van der Waals surface area (Å²) in [7, 11) is 0. The van der Waals surface area contributed by atoms with Gasteiger partial charge in [-0.3, -0.25) is 4.90 Å². The lowest BCUT2D eigenvalue weighted by Gasteiger charge is -2.34. The van der Waals surface area contributed by atoms with Crippen molar-refractivity contribution in [3.8, 4) is 5.75 Å². The van der Waals surface area contributed by atoms with Gasteiger partial charge in [0.1, 0.15) is 5.75 Å². The van der Waals surface area contributed by atoms with Crippen molar-refractivity contribution >= 4 is 0 Å². The van der Waals surface area contributed by atoms with E-state index in [1.54, 1.807) is 12.1 Å². The molecule has 3 rings (SSSR count). The van der Waals surface area contributed by atoms with Crippen LogP contribution in [0.25, 0.3) is 0 Å². The Morgan fingerprint density at radius 2 is 2.21 bits per heavy atom. The Morgan fingerprint density at radius 1 is 1.26 bits per heavy atom. The van der Waals surface area contributed by atoms with E-state index in [4.69, 9.17) is 9.47 Å². The van der Waals surface area contributed by atoms with Crippen LogP contribution in [-0.2, 0) is 9.47 Å². The zero-order valence-electron chi connectivity index (χ0n) is 11.1. The first-order valence-electron chi connectivity index (χ1n) is 7.06. The molecule has 0 amide bonds. The van der Waals surface area contributed by atoms with E-state index >= 15 is 0 Å². The summed E-state index contributed by atoms with van der Waals surface area (Å²) in [6.45, 7) is 4.50. The standard InChI is InChI=1S/C15H21NO3/c17-13-4-1-3-12(9-13)15-11-16(6-8-19-15)10-14-5-2-7-18-14/h1,3-4,9,14-15,17H,2,5-8,10-11H2/t14-,15+/m1/s1. The molecule has 19 heavy (non-hydrogen) atoms. The maximum absolute atomic E-state index is 9.55. The number of aromatic hydroxyl groups is 1. The van der Waals surface area contributed by atoms with E-state index in [0.717, 1.165) is 38.4 Å². The Bertz CT molecular complexity index is 418. The number of hydrogen-bond donors (Lipinski definition) is 1. The summed E-state index contributed by atoms with van der Waals surface area (Å²) in [5.74, 6) is 0.303. The van der Waals surface area contributed by atoms with Crippen LogP contribution in [0.4, 0.5) is 0 Å². The molecule has 0 saturated carbocycles. The molecule has 4 heteroatoms. The second-order valence-electron chi connectivity index (χ2n) is 5.35. The van der Waals surface area contributed by atoms with Crippen molar-refractivity contribution in [2.45, 2.75) is 25.0 Å². The summed E-state index contributed by atoms with van der Waals surface area (Å²) >= 11 is 0. The smallest absolute Gasteiger partial charge is 0.115 e. The van der Waals surface area contributed by atoms with Crippen LogP contribution in [0.3, 0.4) is 0 Å². The number of morpholine rings is 1. The third-order valence-electron chi connectivity index (χ3n) is 3.88. The van der Waals surface area contributed by atoms with E-state index in [2.05, 4.69) is 4.90 Å². The predicted octanol–water partition coefficient (Wildman–Crippen LogP) is 1.94. The van der Waals surface area contributed by atoms with Gasteiger partial charge in [-0.15, -0.1) is 0 Å². The molecule has 0 aromatic heterocycles. The lowest BCUT2D eigenvalue weighted by Crippen LogP contribution is -2.42. The highest BCUT2D eigenvalue weighted by Crippen LogP contribution is 2.25. The van der Waals surface area contributed by atoms with E-state index in [1.807, 2.05) is 12.1 Å². The van der Waals surface area contributed by atoms with Crippen LogP contribution in [0.15, 0.2) is 24.3 Å². The van der Waals surface area contributed by atoms with E-state index in [1.165, 1.54) is 12.8 Å². The molecule has 0 unspecified atom stereocenters. The van der Waals surface area contributed by atoms with Crippen LogP contribution in [-0.4, -0.2) is 49.0 Å². The lowest BCUT2D eigenvalue weighted by atomic mass is 10.1. The Morgan fingerprint density at radius 3 is 3.00 bits per heavy atom. The van der Waals surface area contributed by atoms with E-state index in [0.29, 0.717) is 11.9 Å². The monoisotopic (exact) mass is 263 g/mol. The van der Waals surface area contributed by atoms with Gasteiger partial charge in [-0.1, -0.05) is 12.1 Å². The molecule has 0 spiro atoms. The van der Waals surface area contributed by atoms with Crippen LogP contribution in [0.2, 0.25) is 0 Å². The van der Waals surface area contributed by atoms with E-state index in [-0.39, 0.29) is 6.10 Å². The zero-order valence-corrected chi connectivity index (χ0v) is 11.1. The minimum Gasteiger partial charge on any atom is -0.508 e. The minimum absolute atomic E-state index is 0.0576. The fourth-order valence-electron chi connectivity index (χ4n) is 2.87. The van der Waals surface area contributed by atoms with Gasteiger partial charge in [0, 0.05) is 26.2 Å². The fraction of sp³-hybridized carbons (Fsp3) is 0.600. The van der Waals surface area contributed by atoms with Crippen molar-refractivity contribution in [1.82, 2.24) is 4.90 Å². The van der Waals surface area contributed by atoms with Crippen LogP contribution in [0.1, 0.15) is 24.5 Å². The van der Waals surface area contributed by atoms with Gasteiger partial charge in [0.25, 0.3) is 0 Å². The second-order valence-corrected chi connectivity index (χ2v) is 5.35. The number of rotatable bonds is 3. The van der Waals surface area contributed by atoms with Crippen molar-refractivity contribution in [3.05, 3.63) is 29.8 Å². The van der Waals surface area contributed by atoms with Crippen LogP contribution in [0, 0.1) is 0 Å². The minimum atomic E-state index is 0.0576. The first-order chi connectivity index (χ1) is 9.31. The average molecular weight is 263 g/mol. The maximum Gasteiger partial charge on any atom is 0.115 e. The third kappa shape index (κ3) is 3.26. The number of benzene rings is 1. The normalized spacial score (nSPS) is 28.6. The molecule has 1 aromatic rings. The molecule has 0 bridgehead atoms. The van der Waals surface area contributed by atoms with Gasteiger partial charge in [-0.05, 0) is 30.5 Å². The molecule has 0 aliphatic carbocycles. The Kier molecular flexibility index (Phi) is 4.01. The summed E-state index contributed by atoms with van der Waals surface area (Å²) in [5.41, 5.74) is 1.05. The second kappa shape index (κ2) is 5.90. The Balaban J connectivity index is 1.61. The largest absolute Gasteiger partial charge is 0.508 e. The molecule has 2 saturated heterocycles. The van der Waals surface area contributed by atoms with E-state index in [9.17, 15) is 5.11 Å². The first kappa shape index (κ1) is 12.9. The lowest BCUT2D eigenvalue weighted by molar-refractivity contribution is -0.0446. The van der Waals surface area contributed by atoms with Gasteiger partial charge in [-0.2, -0.15) is 0 Å². The molecule has 2 heterocycles. The highest BCUT2D eigenvalue weighted by Gasteiger charge is 2.25. The average Bonchev–Trinajstić information content (AvgIpc) is 2.92. The van der Waals surface area contributed by atoms with Crippen LogP contribution in [0.5, 0.6) is 5.75 Å². The molecule has 2 fully saturated rings. The number of nitrogens with zero attached hydrogens (tertiary/aromatic N) is 1. The summed E-state index contributed by atoms with van der Waals surface area (Å²) in [6, 6.07) is 7.36. The summed E-state index contributed by atoms with van der Waals surface area (Å²) in [4.78, 5) is 2.41. The SMILES string of the molecule is Oc1cccc([C@@H]2CN(C[C@H]3CCCO3)CCO2)c1. The van der Waals surface area contributed by atoms with Gasteiger partial charge < -0.3 is 14.6 Å². The zero-order chi connectivity index (χ0) is 13.1. The van der Waals surface area contributed by atoms with Gasteiger partial charge in [0.05, 0.1) is 18.8 Å². The number of phenolic OH excluding ortho intramolecular Hbond substituents is 1. The molecule has 2 aliphatic heterocycles. The Labute approximate surface area is 113 Å².